The van der Waals surface area contributed by atoms with Crippen LogP contribution in [0.4, 0.5) is 0 Å². The predicted octanol–water partition coefficient (Wildman–Crippen LogP) is 2.58. The van der Waals surface area contributed by atoms with Gasteiger partial charge < -0.3 is 10.1 Å². The molecular weight excluding hydrogens is 186 g/mol. The van der Waals surface area contributed by atoms with Crippen LogP contribution < -0.4 is 5.32 Å². The quantitative estimate of drug-likeness (QED) is 0.774. The Hall–Kier alpha value is -0.0800. The van der Waals surface area contributed by atoms with Crippen molar-refractivity contribution in [1.82, 2.24) is 5.32 Å². The van der Waals surface area contributed by atoms with Crippen LogP contribution >= 0.6 is 0 Å². The van der Waals surface area contributed by atoms with Crippen LogP contribution in [0, 0.1) is 11.3 Å². The molecule has 0 amide bonds. The van der Waals surface area contributed by atoms with Gasteiger partial charge in [0, 0.05) is 12.0 Å². The highest BCUT2D eigenvalue weighted by Crippen LogP contribution is 2.43. The van der Waals surface area contributed by atoms with E-state index in [2.05, 4.69) is 33.0 Å². The van der Waals surface area contributed by atoms with Crippen molar-refractivity contribution < 1.29 is 4.74 Å². The molecule has 2 saturated heterocycles. The van der Waals surface area contributed by atoms with E-state index < -0.39 is 0 Å². The lowest BCUT2D eigenvalue weighted by Gasteiger charge is -2.38. The summed E-state index contributed by atoms with van der Waals surface area (Å²) >= 11 is 0. The smallest absolute Gasteiger partial charge is 0.0624 e. The van der Waals surface area contributed by atoms with Gasteiger partial charge in [0.2, 0.25) is 0 Å². The molecule has 2 bridgehead atoms. The van der Waals surface area contributed by atoms with Crippen molar-refractivity contribution in [2.24, 2.45) is 11.3 Å². The number of nitrogens with one attached hydrogen (secondary N) is 1. The fourth-order valence-electron chi connectivity index (χ4n) is 3.35. The molecule has 4 atom stereocenters. The first-order valence-electron chi connectivity index (χ1n) is 6.41. The molecule has 88 valence electrons. The minimum absolute atomic E-state index is 0.342. The van der Waals surface area contributed by atoms with Crippen molar-refractivity contribution in [3.63, 3.8) is 0 Å². The molecule has 0 radical (unpaired) electrons. The van der Waals surface area contributed by atoms with Crippen molar-refractivity contribution >= 4 is 0 Å². The van der Waals surface area contributed by atoms with Gasteiger partial charge in [-0.1, -0.05) is 27.7 Å². The second-order valence-electron chi connectivity index (χ2n) is 6.17. The van der Waals surface area contributed by atoms with Gasteiger partial charge in [0.1, 0.15) is 0 Å². The van der Waals surface area contributed by atoms with Crippen LogP contribution in [0.3, 0.4) is 0 Å². The Morgan fingerprint density at radius 2 is 2.07 bits per heavy atom. The minimum atomic E-state index is 0.342. The van der Waals surface area contributed by atoms with Gasteiger partial charge in [-0.15, -0.1) is 0 Å². The van der Waals surface area contributed by atoms with E-state index in [1.54, 1.807) is 0 Å². The van der Waals surface area contributed by atoms with Crippen LogP contribution in [0.2, 0.25) is 0 Å². The van der Waals surface area contributed by atoms with Gasteiger partial charge in [0.05, 0.1) is 12.2 Å². The Labute approximate surface area is 93.8 Å². The Morgan fingerprint density at radius 1 is 1.33 bits per heavy atom. The molecule has 2 rings (SSSR count). The Morgan fingerprint density at radius 3 is 2.47 bits per heavy atom. The second kappa shape index (κ2) is 4.06. The van der Waals surface area contributed by atoms with E-state index in [1.165, 1.54) is 19.3 Å². The molecule has 0 aliphatic carbocycles. The zero-order valence-corrected chi connectivity index (χ0v) is 10.5. The van der Waals surface area contributed by atoms with Crippen molar-refractivity contribution in [3.05, 3.63) is 0 Å². The highest BCUT2D eigenvalue weighted by atomic mass is 16.5. The van der Waals surface area contributed by atoms with E-state index in [1.807, 2.05) is 0 Å². The topological polar surface area (TPSA) is 21.3 Å². The molecule has 2 fully saturated rings. The Bertz CT molecular complexity index is 221. The van der Waals surface area contributed by atoms with Crippen molar-refractivity contribution in [3.8, 4) is 0 Å². The van der Waals surface area contributed by atoms with E-state index >= 15 is 0 Å². The summed E-state index contributed by atoms with van der Waals surface area (Å²) < 4.78 is 5.97. The molecule has 0 aromatic heterocycles. The van der Waals surface area contributed by atoms with Gasteiger partial charge in [-0.05, 0) is 31.2 Å². The Balaban J connectivity index is 2.05. The zero-order valence-electron chi connectivity index (χ0n) is 10.5. The van der Waals surface area contributed by atoms with Crippen LogP contribution in [-0.4, -0.2) is 24.8 Å². The summed E-state index contributed by atoms with van der Waals surface area (Å²) in [5.74, 6) is 0.740. The third-order valence-electron chi connectivity index (χ3n) is 3.94. The standard InChI is InChI=1S/C13H25NO/c1-5-14-12(13(2,3)4)10-8-9-6-7-11(10)15-9/h9-12,14H,5-8H2,1-4H3. The van der Waals surface area contributed by atoms with Crippen LogP contribution in [-0.2, 0) is 4.74 Å². The van der Waals surface area contributed by atoms with Gasteiger partial charge in [0.15, 0.2) is 0 Å². The number of hydrogen-bond acceptors (Lipinski definition) is 2. The van der Waals surface area contributed by atoms with Gasteiger partial charge in [-0.3, -0.25) is 0 Å². The molecule has 15 heavy (non-hydrogen) atoms. The molecule has 2 nitrogen and oxygen atoms in total. The van der Waals surface area contributed by atoms with E-state index in [9.17, 15) is 0 Å². The van der Waals surface area contributed by atoms with Crippen molar-refractivity contribution in [2.45, 2.75) is 65.2 Å². The van der Waals surface area contributed by atoms with Crippen LogP contribution in [0.5, 0.6) is 0 Å². The molecule has 4 unspecified atom stereocenters. The van der Waals surface area contributed by atoms with Crippen LogP contribution in [0.25, 0.3) is 0 Å². The van der Waals surface area contributed by atoms with Gasteiger partial charge in [0.25, 0.3) is 0 Å². The van der Waals surface area contributed by atoms with Crippen LogP contribution in [0.15, 0.2) is 0 Å². The van der Waals surface area contributed by atoms with E-state index in [4.69, 9.17) is 4.74 Å². The first kappa shape index (κ1) is 11.4. The maximum atomic E-state index is 5.97. The van der Waals surface area contributed by atoms with Crippen molar-refractivity contribution in [1.29, 1.82) is 0 Å². The molecule has 2 heteroatoms. The number of ether oxygens (including phenoxy) is 1. The highest BCUT2D eigenvalue weighted by molar-refractivity contribution is 4.98. The van der Waals surface area contributed by atoms with E-state index in [-0.39, 0.29) is 0 Å². The zero-order chi connectivity index (χ0) is 11.1. The summed E-state index contributed by atoms with van der Waals surface area (Å²) in [7, 11) is 0. The fraction of sp³-hybridized carbons (Fsp3) is 1.00. The molecule has 2 heterocycles. The first-order chi connectivity index (χ1) is 7.02. The van der Waals surface area contributed by atoms with Crippen LogP contribution in [0.1, 0.15) is 47.0 Å². The maximum absolute atomic E-state index is 5.97. The SMILES string of the molecule is CCNC(C1CC2CCC1O2)C(C)(C)C. The summed E-state index contributed by atoms with van der Waals surface area (Å²) in [6.45, 7) is 10.3. The van der Waals surface area contributed by atoms with Gasteiger partial charge in [-0.25, -0.2) is 0 Å². The molecule has 2 aliphatic heterocycles. The normalized spacial score (nSPS) is 37.2. The molecule has 0 saturated carbocycles. The molecular formula is C13H25NO. The van der Waals surface area contributed by atoms with Crippen molar-refractivity contribution in [2.75, 3.05) is 6.54 Å². The summed E-state index contributed by atoms with van der Waals surface area (Å²) in [6.07, 6.45) is 4.97. The monoisotopic (exact) mass is 211 g/mol. The van der Waals surface area contributed by atoms with Gasteiger partial charge >= 0.3 is 0 Å². The molecule has 0 aromatic carbocycles. The Kier molecular flexibility index (Phi) is 3.09. The fourth-order valence-corrected chi connectivity index (χ4v) is 3.35. The molecule has 0 spiro atoms. The lowest BCUT2D eigenvalue weighted by Crippen LogP contribution is -2.48. The van der Waals surface area contributed by atoms with Gasteiger partial charge in [-0.2, -0.15) is 0 Å². The lowest BCUT2D eigenvalue weighted by molar-refractivity contribution is 0.0713. The third-order valence-corrected chi connectivity index (χ3v) is 3.94. The molecule has 0 aromatic rings. The molecule has 1 N–H and O–H groups in total. The summed E-state index contributed by atoms with van der Waals surface area (Å²) in [4.78, 5) is 0. The minimum Gasteiger partial charge on any atom is -0.375 e. The number of hydrogen-bond donors (Lipinski definition) is 1. The lowest BCUT2D eigenvalue weighted by atomic mass is 9.73. The third kappa shape index (κ3) is 2.21. The summed E-state index contributed by atoms with van der Waals surface area (Å²) in [6, 6.07) is 0.609. The summed E-state index contributed by atoms with van der Waals surface area (Å²) in [5.41, 5.74) is 0.342. The average Bonchev–Trinajstić information content (AvgIpc) is 2.72. The first-order valence-corrected chi connectivity index (χ1v) is 6.41. The van der Waals surface area contributed by atoms with E-state index in [0.29, 0.717) is 23.7 Å². The maximum Gasteiger partial charge on any atom is 0.0624 e. The van der Waals surface area contributed by atoms with E-state index in [0.717, 1.165) is 12.5 Å². The highest BCUT2D eigenvalue weighted by Gasteiger charge is 2.46. The molecule has 2 aliphatic rings. The number of fused-ring (bicyclic) bond motifs is 2. The average molecular weight is 211 g/mol. The predicted molar refractivity (Wildman–Crippen MR) is 62.9 cm³/mol. The second-order valence-corrected chi connectivity index (χ2v) is 6.17. The number of rotatable bonds is 3. The largest absolute Gasteiger partial charge is 0.375 e. The summed E-state index contributed by atoms with van der Waals surface area (Å²) in [5, 5.41) is 3.67.